The molecular formula is C23H35N5O3. The molecule has 1 N–H and O–H groups in total. The van der Waals surface area contributed by atoms with Gasteiger partial charge in [-0.3, -0.25) is 14.4 Å². The van der Waals surface area contributed by atoms with Gasteiger partial charge in [0.15, 0.2) is 0 Å². The molecule has 8 heteroatoms. The number of rotatable bonds is 6. The first-order valence-electron chi connectivity index (χ1n) is 11.1. The van der Waals surface area contributed by atoms with Crippen molar-refractivity contribution in [1.82, 2.24) is 24.8 Å². The van der Waals surface area contributed by atoms with Gasteiger partial charge in [-0.1, -0.05) is 42.5 Å². The minimum absolute atomic E-state index is 0.0517. The van der Waals surface area contributed by atoms with Gasteiger partial charge in [0.1, 0.15) is 5.69 Å². The molecule has 2 bridgehead atoms. The number of likely N-dealkylation sites (N-methyl/N-ethyl adjacent to an activating group) is 1. The Bertz CT molecular complexity index is 813. The fourth-order valence-corrected chi connectivity index (χ4v) is 3.96. The number of nitrogens with zero attached hydrogens (tertiary/aromatic N) is 5. The number of aliphatic hydroxyl groups excluding tert-OH is 1. The van der Waals surface area contributed by atoms with E-state index in [1.54, 1.807) is 4.68 Å². The third-order valence-corrected chi connectivity index (χ3v) is 5.83. The van der Waals surface area contributed by atoms with Gasteiger partial charge in [-0.15, -0.1) is 5.10 Å². The molecule has 0 saturated carbocycles. The summed E-state index contributed by atoms with van der Waals surface area (Å²) in [7, 11) is 2.08. The Morgan fingerprint density at radius 1 is 1.32 bits per heavy atom. The second-order valence-corrected chi connectivity index (χ2v) is 8.66. The number of ether oxygens (including phenoxy) is 1. The molecule has 1 aromatic carbocycles. The highest BCUT2D eigenvalue weighted by Crippen LogP contribution is 2.18. The van der Waals surface area contributed by atoms with Gasteiger partial charge >= 0.3 is 0 Å². The van der Waals surface area contributed by atoms with Crippen LogP contribution in [0.2, 0.25) is 0 Å². The Labute approximate surface area is 184 Å². The van der Waals surface area contributed by atoms with Crippen molar-refractivity contribution in [3.63, 3.8) is 0 Å². The Morgan fingerprint density at radius 3 is 2.84 bits per heavy atom. The highest BCUT2D eigenvalue weighted by atomic mass is 16.5. The summed E-state index contributed by atoms with van der Waals surface area (Å²) in [6.45, 7) is 7.07. The van der Waals surface area contributed by atoms with Gasteiger partial charge in [-0.25, -0.2) is 0 Å². The molecule has 1 aliphatic rings. The number of aryl methyl sites for hydroxylation is 1. The lowest BCUT2D eigenvalue weighted by Gasteiger charge is -2.35. The van der Waals surface area contributed by atoms with E-state index < -0.39 is 0 Å². The molecule has 0 radical (unpaired) electrons. The highest BCUT2D eigenvalue weighted by Gasteiger charge is 2.27. The lowest BCUT2D eigenvalue weighted by molar-refractivity contribution is -0.136. The van der Waals surface area contributed by atoms with E-state index in [0.717, 1.165) is 18.8 Å². The number of aliphatic hydroxyl groups is 1. The number of carbonyl (C=O) groups excluding carboxylic acids is 1. The SMILES string of the molecule is C[C@@H]1CN([C@H](C)CO)C(=O)CCCn2cc(nn2)CO[C@H]1CN(C)Cc1ccccc1. The summed E-state index contributed by atoms with van der Waals surface area (Å²) < 4.78 is 8.08. The molecule has 31 heavy (non-hydrogen) atoms. The molecule has 1 aliphatic heterocycles. The second-order valence-electron chi connectivity index (χ2n) is 8.66. The van der Waals surface area contributed by atoms with Crippen molar-refractivity contribution < 1.29 is 14.6 Å². The second kappa shape index (κ2) is 11.4. The molecule has 1 aromatic heterocycles. The van der Waals surface area contributed by atoms with Gasteiger partial charge in [0.2, 0.25) is 5.91 Å². The van der Waals surface area contributed by atoms with E-state index >= 15 is 0 Å². The van der Waals surface area contributed by atoms with Crippen molar-refractivity contribution >= 4 is 5.91 Å². The fourth-order valence-electron chi connectivity index (χ4n) is 3.96. The van der Waals surface area contributed by atoms with E-state index in [9.17, 15) is 9.90 Å². The quantitative estimate of drug-likeness (QED) is 0.756. The van der Waals surface area contributed by atoms with E-state index in [0.29, 0.717) is 32.5 Å². The molecule has 2 aromatic rings. The molecule has 0 aliphatic carbocycles. The molecular weight excluding hydrogens is 394 g/mol. The van der Waals surface area contributed by atoms with Gasteiger partial charge in [-0.05, 0) is 26.0 Å². The zero-order valence-corrected chi connectivity index (χ0v) is 18.9. The summed E-state index contributed by atoms with van der Waals surface area (Å²) in [5.41, 5.74) is 2.05. The average molecular weight is 430 g/mol. The van der Waals surface area contributed by atoms with Crippen LogP contribution in [-0.4, -0.2) is 74.7 Å². The van der Waals surface area contributed by atoms with Gasteiger partial charge in [0, 0.05) is 38.5 Å². The first kappa shape index (κ1) is 23.4. The van der Waals surface area contributed by atoms with E-state index in [2.05, 4.69) is 41.3 Å². The van der Waals surface area contributed by atoms with Crippen LogP contribution < -0.4 is 0 Å². The van der Waals surface area contributed by atoms with Crippen LogP contribution in [-0.2, 0) is 29.2 Å². The highest BCUT2D eigenvalue weighted by molar-refractivity contribution is 5.76. The number of benzene rings is 1. The standard InChI is InChI=1S/C23H35N5O3/c1-18-12-28(19(2)16-29)23(30)10-7-11-27-14-21(24-25-27)17-31-22(18)15-26(3)13-20-8-5-4-6-9-20/h4-6,8-9,14,18-19,22,29H,7,10-13,15-17H2,1-3H3/t18-,19-,22+/m1/s1. The van der Waals surface area contributed by atoms with Crippen LogP contribution in [0.15, 0.2) is 36.5 Å². The molecule has 1 amide bonds. The molecule has 3 atom stereocenters. The fraction of sp³-hybridized carbons (Fsp3) is 0.609. The van der Waals surface area contributed by atoms with E-state index in [4.69, 9.17) is 4.74 Å². The zero-order chi connectivity index (χ0) is 22.2. The van der Waals surface area contributed by atoms with Crippen LogP contribution in [0.25, 0.3) is 0 Å². The molecule has 0 fully saturated rings. The zero-order valence-electron chi connectivity index (χ0n) is 18.9. The van der Waals surface area contributed by atoms with Gasteiger partial charge in [0.25, 0.3) is 0 Å². The molecule has 2 heterocycles. The van der Waals surface area contributed by atoms with Crippen molar-refractivity contribution in [2.24, 2.45) is 5.92 Å². The van der Waals surface area contributed by atoms with Crippen molar-refractivity contribution in [2.75, 3.05) is 26.7 Å². The summed E-state index contributed by atoms with van der Waals surface area (Å²) in [5.74, 6) is 0.149. The first-order chi connectivity index (χ1) is 15.0. The smallest absolute Gasteiger partial charge is 0.222 e. The Balaban J connectivity index is 1.76. The third kappa shape index (κ3) is 6.85. The van der Waals surface area contributed by atoms with E-state index in [-0.39, 0.29) is 30.6 Å². The number of carbonyl (C=O) groups is 1. The third-order valence-electron chi connectivity index (χ3n) is 5.83. The van der Waals surface area contributed by atoms with Gasteiger partial charge < -0.3 is 14.7 Å². The number of amides is 1. The van der Waals surface area contributed by atoms with Crippen LogP contribution in [0.5, 0.6) is 0 Å². The monoisotopic (exact) mass is 429 g/mol. The maximum Gasteiger partial charge on any atom is 0.222 e. The molecule has 0 unspecified atom stereocenters. The predicted octanol–water partition coefficient (Wildman–Crippen LogP) is 1.93. The van der Waals surface area contributed by atoms with Crippen LogP contribution in [0.1, 0.15) is 37.9 Å². The van der Waals surface area contributed by atoms with Crippen LogP contribution in [0.3, 0.4) is 0 Å². The minimum atomic E-state index is -0.222. The summed E-state index contributed by atoms with van der Waals surface area (Å²) in [4.78, 5) is 17.0. The number of fused-ring (bicyclic) bond motifs is 2. The lowest BCUT2D eigenvalue weighted by atomic mass is 10.0. The van der Waals surface area contributed by atoms with E-state index in [1.807, 2.05) is 36.2 Å². The largest absolute Gasteiger partial charge is 0.394 e. The van der Waals surface area contributed by atoms with Crippen molar-refractivity contribution in [2.45, 2.75) is 58.5 Å². The van der Waals surface area contributed by atoms with E-state index in [1.165, 1.54) is 5.56 Å². The summed E-state index contributed by atoms with van der Waals surface area (Å²) in [6, 6.07) is 10.1. The van der Waals surface area contributed by atoms with Crippen LogP contribution >= 0.6 is 0 Å². The molecule has 3 rings (SSSR count). The molecule has 0 saturated heterocycles. The normalized spacial score (nSPS) is 22.0. The summed E-state index contributed by atoms with van der Waals surface area (Å²) in [5, 5.41) is 18.1. The molecule has 8 nitrogen and oxygen atoms in total. The van der Waals surface area contributed by atoms with Crippen LogP contribution in [0, 0.1) is 5.92 Å². The molecule has 0 spiro atoms. The summed E-state index contributed by atoms with van der Waals surface area (Å²) in [6.07, 6.45) is 2.91. The minimum Gasteiger partial charge on any atom is -0.394 e. The topological polar surface area (TPSA) is 83.7 Å². The lowest BCUT2D eigenvalue weighted by Crippen LogP contribution is -2.47. The summed E-state index contributed by atoms with van der Waals surface area (Å²) >= 11 is 0. The van der Waals surface area contributed by atoms with Gasteiger partial charge in [-0.2, -0.15) is 0 Å². The maximum atomic E-state index is 12.9. The number of hydrogen-bond donors (Lipinski definition) is 1. The van der Waals surface area contributed by atoms with Gasteiger partial charge in [0.05, 0.1) is 31.6 Å². The Kier molecular flexibility index (Phi) is 8.57. The number of hydrogen-bond acceptors (Lipinski definition) is 6. The Hall–Kier alpha value is -2.29. The maximum absolute atomic E-state index is 12.9. The average Bonchev–Trinajstić information content (AvgIpc) is 3.22. The number of aromatic nitrogens is 3. The predicted molar refractivity (Wildman–Crippen MR) is 118 cm³/mol. The molecule has 170 valence electrons. The van der Waals surface area contributed by atoms with Crippen molar-refractivity contribution in [3.05, 3.63) is 47.8 Å². The van der Waals surface area contributed by atoms with Crippen LogP contribution in [0.4, 0.5) is 0 Å². The van der Waals surface area contributed by atoms with Crippen molar-refractivity contribution in [3.8, 4) is 0 Å². The first-order valence-corrected chi connectivity index (χ1v) is 11.1. The van der Waals surface area contributed by atoms with Crippen molar-refractivity contribution in [1.29, 1.82) is 0 Å². The Morgan fingerprint density at radius 2 is 2.10 bits per heavy atom.